The summed E-state index contributed by atoms with van der Waals surface area (Å²) >= 11 is 0. The molecule has 25 heavy (non-hydrogen) atoms. The molecule has 0 saturated carbocycles. The lowest BCUT2D eigenvalue weighted by molar-refractivity contribution is 0.124. The van der Waals surface area contributed by atoms with E-state index in [0.717, 1.165) is 4.31 Å². The molecule has 2 N–H and O–H groups in total. The molecular weight excluding hydrogens is 347 g/mol. The monoisotopic (exact) mass is 366 g/mol. The van der Waals surface area contributed by atoms with E-state index in [4.69, 9.17) is 4.74 Å². The maximum Gasteiger partial charge on any atom is 0.278 e. The van der Waals surface area contributed by atoms with Crippen molar-refractivity contribution in [2.75, 3.05) is 17.9 Å². The standard InChI is InChI=1S/C17H19FN2O4S/c1-19-11-12(21)10-17-24-16-9-5-4-8-15(16)20(25(17,22)23)14-7-3-2-6-13(14)18/h2-9,12,17,19,21H,10-11H2,1H3/t12-,17-/m0/s1. The van der Waals surface area contributed by atoms with Gasteiger partial charge in [-0.05, 0) is 31.3 Å². The lowest BCUT2D eigenvalue weighted by Gasteiger charge is -2.36. The first-order valence-electron chi connectivity index (χ1n) is 7.82. The van der Waals surface area contributed by atoms with E-state index in [-0.39, 0.29) is 24.3 Å². The van der Waals surface area contributed by atoms with Crippen LogP contribution in [0.1, 0.15) is 6.42 Å². The smallest absolute Gasteiger partial charge is 0.278 e. The summed E-state index contributed by atoms with van der Waals surface area (Å²) in [6, 6.07) is 12.2. The van der Waals surface area contributed by atoms with E-state index < -0.39 is 27.4 Å². The highest BCUT2D eigenvalue weighted by molar-refractivity contribution is 7.93. The van der Waals surface area contributed by atoms with Crippen molar-refractivity contribution in [2.45, 2.75) is 18.0 Å². The molecule has 0 bridgehead atoms. The average Bonchev–Trinajstić information content (AvgIpc) is 2.57. The van der Waals surface area contributed by atoms with Crippen LogP contribution in [0.2, 0.25) is 0 Å². The van der Waals surface area contributed by atoms with E-state index in [1.807, 2.05) is 0 Å². The number of aliphatic hydroxyl groups excluding tert-OH is 1. The molecule has 134 valence electrons. The molecule has 0 amide bonds. The average molecular weight is 366 g/mol. The third kappa shape index (κ3) is 3.33. The van der Waals surface area contributed by atoms with Crippen molar-refractivity contribution in [3.05, 3.63) is 54.3 Å². The van der Waals surface area contributed by atoms with Crippen molar-refractivity contribution in [3.63, 3.8) is 0 Å². The fourth-order valence-corrected chi connectivity index (χ4v) is 4.55. The van der Waals surface area contributed by atoms with Crippen LogP contribution in [0.25, 0.3) is 0 Å². The number of aliphatic hydroxyl groups is 1. The van der Waals surface area contributed by atoms with Gasteiger partial charge in [0.15, 0.2) is 0 Å². The second kappa shape index (κ2) is 6.99. The molecule has 2 aromatic rings. The maximum absolute atomic E-state index is 14.3. The molecule has 0 radical (unpaired) electrons. The second-order valence-corrected chi connectivity index (χ2v) is 7.64. The largest absolute Gasteiger partial charge is 0.470 e. The topological polar surface area (TPSA) is 78.9 Å². The zero-order valence-corrected chi connectivity index (χ0v) is 14.4. The van der Waals surface area contributed by atoms with E-state index in [1.54, 1.807) is 37.4 Å². The van der Waals surface area contributed by atoms with Crippen LogP contribution >= 0.6 is 0 Å². The van der Waals surface area contributed by atoms with Gasteiger partial charge in [-0.3, -0.25) is 0 Å². The summed E-state index contributed by atoms with van der Waals surface area (Å²) in [6.07, 6.45) is -1.06. The van der Waals surface area contributed by atoms with Crippen LogP contribution in [0.4, 0.5) is 15.8 Å². The number of fused-ring (bicyclic) bond motifs is 1. The van der Waals surface area contributed by atoms with E-state index in [0.29, 0.717) is 5.75 Å². The maximum atomic E-state index is 14.3. The van der Waals surface area contributed by atoms with Gasteiger partial charge in [0.25, 0.3) is 10.0 Å². The molecule has 2 aromatic carbocycles. The molecular formula is C17H19FN2O4S. The summed E-state index contributed by atoms with van der Waals surface area (Å²) < 4.78 is 47.0. The van der Waals surface area contributed by atoms with Crippen LogP contribution in [0.15, 0.2) is 48.5 Å². The van der Waals surface area contributed by atoms with Crippen molar-refractivity contribution in [1.82, 2.24) is 5.32 Å². The first-order chi connectivity index (χ1) is 11.9. The molecule has 0 saturated heterocycles. The number of anilines is 2. The van der Waals surface area contributed by atoms with Crippen LogP contribution in [0.5, 0.6) is 5.75 Å². The number of hydrogen-bond donors (Lipinski definition) is 2. The van der Waals surface area contributed by atoms with E-state index >= 15 is 0 Å². The molecule has 0 fully saturated rings. The summed E-state index contributed by atoms with van der Waals surface area (Å²) in [7, 11) is -2.43. The fraction of sp³-hybridized carbons (Fsp3) is 0.294. The molecule has 1 aliphatic rings. The predicted octanol–water partition coefficient (Wildman–Crippen LogP) is 1.98. The van der Waals surface area contributed by atoms with Gasteiger partial charge in [0.1, 0.15) is 11.6 Å². The third-order valence-electron chi connectivity index (χ3n) is 3.90. The highest BCUT2D eigenvalue weighted by Crippen LogP contribution is 2.43. The molecule has 6 nitrogen and oxygen atoms in total. The summed E-state index contributed by atoms with van der Waals surface area (Å²) in [5.41, 5.74) is -1.15. The number of nitrogens with one attached hydrogen (secondary N) is 1. The second-order valence-electron chi connectivity index (χ2n) is 5.72. The molecule has 0 aliphatic carbocycles. The Bertz CT molecular complexity index is 859. The SMILES string of the molecule is CNC[C@@H](O)C[C@H]1Oc2ccccc2N(c2ccccc2F)S1(=O)=O. The third-order valence-corrected chi connectivity index (χ3v) is 5.76. The molecule has 8 heteroatoms. The van der Waals surface area contributed by atoms with E-state index in [2.05, 4.69) is 5.32 Å². The van der Waals surface area contributed by atoms with Crippen LogP contribution in [0, 0.1) is 5.82 Å². The number of para-hydroxylation sites is 3. The van der Waals surface area contributed by atoms with Gasteiger partial charge in [0, 0.05) is 13.0 Å². The Labute approximate surface area is 145 Å². The van der Waals surface area contributed by atoms with Gasteiger partial charge in [0.2, 0.25) is 5.44 Å². The Morgan fingerprint density at radius 3 is 2.52 bits per heavy atom. The van der Waals surface area contributed by atoms with Gasteiger partial charge in [-0.15, -0.1) is 0 Å². The van der Waals surface area contributed by atoms with Crippen molar-refractivity contribution in [1.29, 1.82) is 0 Å². The van der Waals surface area contributed by atoms with Gasteiger partial charge < -0.3 is 15.2 Å². The molecule has 0 unspecified atom stereocenters. The van der Waals surface area contributed by atoms with Crippen LogP contribution in [-0.4, -0.2) is 38.7 Å². The molecule has 0 spiro atoms. The Kier molecular flexibility index (Phi) is 4.94. The van der Waals surface area contributed by atoms with Crippen molar-refractivity contribution < 1.29 is 22.7 Å². The van der Waals surface area contributed by atoms with Crippen molar-refractivity contribution in [2.24, 2.45) is 0 Å². The number of benzene rings is 2. The minimum Gasteiger partial charge on any atom is -0.470 e. The quantitative estimate of drug-likeness (QED) is 0.846. The highest BCUT2D eigenvalue weighted by atomic mass is 32.2. The van der Waals surface area contributed by atoms with E-state index in [9.17, 15) is 17.9 Å². The Balaban J connectivity index is 2.10. The molecule has 1 heterocycles. The zero-order valence-electron chi connectivity index (χ0n) is 13.6. The normalized spacial score (nSPS) is 19.8. The molecule has 1 aliphatic heterocycles. The summed E-state index contributed by atoms with van der Waals surface area (Å²) in [5.74, 6) is -0.334. The zero-order chi connectivity index (χ0) is 18.0. The van der Waals surface area contributed by atoms with Crippen LogP contribution in [0.3, 0.4) is 0 Å². The summed E-state index contributed by atoms with van der Waals surface area (Å²) in [6.45, 7) is 0.219. The summed E-state index contributed by atoms with van der Waals surface area (Å²) in [4.78, 5) is 0. The van der Waals surface area contributed by atoms with Crippen LogP contribution < -0.4 is 14.4 Å². The van der Waals surface area contributed by atoms with Crippen LogP contribution in [-0.2, 0) is 10.0 Å². The van der Waals surface area contributed by atoms with Gasteiger partial charge in [-0.2, -0.15) is 0 Å². The Hall–Kier alpha value is -2.16. The Morgan fingerprint density at radius 1 is 1.20 bits per heavy atom. The molecule has 3 rings (SSSR count). The van der Waals surface area contributed by atoms with E-state index in [1.165, 1.54) is 18.2 Å². The minimum absolute atomic E-state index is 0.0774. The fourth-order valence-electron chi connectivity index (χ4n) is 2.78. The number of rotatable bonds is 5. The van der Waals surface area contributed by atoms with Gasteiger partial charge in [-0.25, -0.2) is 17.1 Å². The number of likely N-dealkylation sites (N-methyl/N-ethyl adjacent to an activating group) is 1. The minimum atomic E-state index is -4.08. The number of ether oxygens (including phenoxy) is 1. The van der Waals surface area contributed by atoms with Gasteiger partial charge in [0.05, 0.1) is 17.5 Å². The molecule has 0 aromatic heterocycles. The number of hydrogen-bond acceptors (Lipinski definition) is 5. The predicted molar refractivity (Wildman–Crippen MR) is 92.9 cm³/mol. The lowest BCUT2D eigenvalue weighted by Crippen LogP contribution is -2.45. The number of nitrogens with zero attached hydrogens (tertiary/aromatic N) is 1. The van der Waals surface area contributed by atoms with Crippen molar-refractivity contribution >= 4 is 21.4 Å². The molecule has 2 atom stereocenters. The number of halogens is 1. The summed E-state index contributed by atoms with van der Waals surface area (Å²) in [5, 5.41) is 12.8. The van der Waals surface area contributed by atoms with Gasteiger partial charge in [-0.1, -0.05) is 24.3 Å². The number of sulfonamides is 1. The first kappa shape index (κ1) is 17.7. The Morgan fingerprint density at radius 2 is 1.84 bits per heavy atom. The highest BCUT2D eigenvalue weighted by Gasteiger charge is 2.42. The van der Waals surface area contributed by atoms with Gasteiger partial charge >= 0.3 is 0 Å². The lowest BCUT2D eigenvalue weighted by atomic mass is 10.2. The van der Waals surface area contributed by atoms with Crippen molar-refractivity contribution in [3.8, 4) is 5.75 Å². The first-order valence-corrected chi connectivity index (χ1v) is 9.32.